The van der Waals surface area contributed by atoms with Crippen LogP contribution in [0.2, 0.25) is 0 Å². The number of anilines is 1. The van der Waals surface area contributed by atoms with Gasteiger partial charge in [-0.15, -0.1) is 0 Å². The van der Waals surface area contributed by atoms with E-state index in [9.17, 15) is 9.59 Å². The maximum atomic E-state index is 12.7. The normalized spacial score (nSPS) is 15.0. The number of pyridine rings is 1. The zero-order valence-electron chi connectivity index (χ0n) is 15.9. The Labute approximate surface area is 166 Å². The monoisotopic (exact) mass is 387 g/mol. The Hall–Kier alpha value is -3.48. The van der Waals surface area contributed by atoms with Crippen molar-refractivity contribution in [3.63, 3.8) is 0 Å². The van der Waals surface area contributed by atoms with Crippen LogP contribution in [0.15, 0.2) is 53.7 Å². The largest absolute Gasteiger partial charge is 0.321 e. The number of rotatable bonds is 3. The molecule has 1 fully saturated rings. The van der Waals surface area contributed by atoms with Crippen LogP contribution in [0.5, 0.6) is 0 Å². The number of aromatic nitrogens is 4. The highest BCUT2D eigenvalue weighted by Gasteiger charge is 2.22. The Kier molecular flexibility index (Phi) is 4.35. The zero-order valence-corrected chi connectivity index (χ0v) is 15.9. The SMILES string of the molecule is O=C(Nc1cccnc1)c1ccc2[nH]c(=O)c3cnc(C4CCCCC4)n3c2c1. The molecule has 1 aliphatic carbocycles. The Bertz CT molecular complexity index is 1250. The fourth-order valence-electron chi connectivity index (χ4n) is 4.22. The quantitative estimate of drug-likeness (QED) is 0.558. The molecule has 3 aromatic heterocycles. The first-order chi connectivity index (χ1) is 14.2. The number of carbonyl (C=O) groups is 1. The highest BCUT2D eigenvalue weighted by molar-refractivity contribution is 6.06. The third kappa shape index (κ3) is 3.18. The van der Waals surface area contributed by atoms with Crippen LogP contribution in [0.25, 0.3) is 16.6 Å². The second kappa shape index (κ2) is 7.16. The first kappa shape index (κ1) is 17.6. The van der Waals surface area contributed by atoms with Gasteiger partial charge in [0.25, 0.3) is 11.5 Å². The minimum Gasteiger partial charge on any atom is -0.321 e. The molecule has 1 amide bonds. The molecule has 0 saturated heterocycles. The Morgan fingerprint density at radius 1 is 1.10 bits per heavy atom. The van der Waals surface area contributed by atoms with Gasteiger partial charge in [0.15, 0.2) is 0 Å². The summed E-state index contributed by atoms with van der Waals surface area (Å²) >= 11 is 0. The standard InChI is InChI=1S/C22H21N5O2/c28-21(25-16-7-4-10-23-12-16)15-8-9-17-18(11-15)27-19(22(29)26-17)13-24-20(27)14-5-2-1-3-6-14/h4,7-14H,1-3,5-6H2,(H,25,28)(H,26,29). The topological polar surface area (TPSA) is 92.1 Å². The maximum Gasteiger partial charge on any atom is 0.274 e. The third-order valence-corrected chi connectivity index (χ3v) is 5.66. The number of imidazole rings is 1. The molecule has 0 aliphatic heterocycles. The highest BCUT2D eigenvalue weighted by Crippen LogP contribution is 2.33. The van der Waals surface area contributed by atoms with Crippen LogP contribution in [-0.2, 0) is 0 Å². The zero-order chi connectivity index (χ0) is 19.8. The third-order valence-electron chi connectivity index (χ3n) is 5.66. The molecule has 5 rings (SSSR count). The van der Waals surface area contributed by atoms with E-state index < -0.39 is 0 Å². The number of H-pyrrole nitrogens is 1. The molecule has 7 heteroatoms. The van der Waals surface area contributed by atoms with E-state index in [0.717, 1.165) is 24.2 Å². The molecule has 0 atom stereocenters. The van der Waals surface area contributed by atoms with Gasteiger partial charge in [-0.1, -0.05) is 19.3 Å². The summed E-state index contributed by atoms with van der Waals surface area (Å²) in [5.41, 5.74) is 2.97. The van der Waals surface area contributed by atoms with Crippen LogP contribution < -0.4 is 10.9 Å². The summed E-state index contributed by atoms with van der Waals surface area (Å²) in [6.07, 6.45) is 10.7. The van der Waals surface area contributed by atoms with Gasteiger partial charge in [-0.05, 0) is 43.2 Å². The highest BCUT2D eigenvalue weighted by atomic mass is 16.1. The molecule has 0 radical (unpaired) electrons. The summed E-state index contributed by atoms with van der Waals surface area (Å²) in [7, 11) is 0. The summed E-state index contributed by atoms with van der Waals surface area (Å²) in [5, 5.41) is 2.86. The fraction of sp³-hybridized carbons (Fsp3) is 0.273. The van der Waals surface area contributed by atoms with Gasteiger partial charge in [0.2, 0.25) is 0 Å². The van der Waals surface area contributed by atoms with E-state index in [4.69, 9.17) is 0 Å². The lowest BCUT2D eigenvalue weighted by Crippen LogP contribution is -2.16. The lowest BCUT2D eigenvalue weighted by atomic mass is 9.88. The van der Waals surface area contributed by atoms with E-state index in [1.165, 1.54) is 19.3 Å². The van der Waals surface area contributed by atoms with E-state index in [-0.39, 0.29) is 11.5 Å². The number of carbonyl (C=O) groups excluding carboxylic acids is 1. The van der Waals surface area contributed by atoms with E-state index in [1.807, 2.05) is 10.5 Å². The van der Waals surface area contributed by atoms with Crippen molar-refractivity contribution in [3.05, 3.63) is 70.7 Å². The van der Waals surface area contributed by atoms with Gasteiger partial charge in [-0.2, -0.15) is 0 Å². The van der Waals surface area contributed by atoms with Crippen LogP contribution in [0.4, 0.5) is 5.69 Å². The Morgan fingerprint density at radius 3 is 2.76 bits per heavy atom. The molecule has 1 aromatic carbocycles. The average molecular weight is 387 g/mol. The molecule has 7 nitrogen and oxygen atoms in total. The van der Waals surface area contributed by atoms with Crippen LogP contribution in [0.3, 0.4) is 0 Å². The molecule has 0 unspecified atom stereocenters. The van der Waals surface area contributed by atoms with Crippen LogP contribution >= 0.6 is 0 Å². The molecule has 3 heterocycles. The number of fused-ring (bicyclic) bond motifs is 3. The summed E-state index contributed by atoms with van der Waals surface area (Å²) < 4.78 is 1.94. The summed E-state index contributed by atoms with van der Waals surface area (Å²) in [6, 6.07) is 8.87. The van der Waals surface area contributed by atoms with E-state index in [1.54, 1.807) is 42.9 Å². The first-order valence-corrected chi connectivity index (χ1v) is 9.95. The van der Waals surface area contributed by atoms with Gasteiger partial charge in [-0.25, -0.2) is 4.98 Å². The van der Waals surface area contributed by atoms with Crippen molar-refractivity contribution < 1.29 is 4.79 Å². The molecule has 1 saturated carbocycles. The summed E-state index contributed by atoms with van der Waals surface area (Å²) in [6.45, 7) is 0. The van der Waals surface area contributed by atoms with Gasteiger partial charge in [-0.3, -0.25) is 19.0 Å². The second-order valence-corrected chi connectivity index (χ2v) is 7.55. The predicted octanol–water partition coefficient (Wildman–Crippen LogP) is 3.87. The number of nitrogens with one attached hydrogen (secondary N) is 2. The number of benzene rings is 1. The summed E-state index contributed by atoms with van der Waals surface area (Å²) in [4.78, 5) is 36.8. The lowest BCUT2D eigenvalue weighted by molar-refractivity contribution is 0.102. The molecular weight excluding hydrogens is 366 g/mol. The van der Waals surface area contributed by atoms with Gasteiger partial charge >= 0.3 is 0 Å². The van der Waals surface area contributed by atoms with Crippen molar-refractivity contribution in [3.8, 4) is 0 Å². The van der Waals surface area contributed by atoms with Crippen molar-refractivity contribution in [2.75, 3.05) is 5.32 Å². The van der Waals surface area contributed by atoms with Crippen molar-refractivity contribution in [2.24, 2.45) is 0 Å². The minimum absolute atomic E-state index is 0.167. The lowest BCUT2D eigenvalue weighted by Gasteiger charge is -2.21. The fourth-order valence-corrected chi connectivity index (χ4v) is 4.22. The molecule has 2 N–H and O–H groups in total. The van der Waals surface area contributed by atoms with Gasteiger partial charge < -0.3 is 10.3 Å². The maximum absolute atomic E-state index is 12.7. The van der Waals surface area contributed by atoms with E-state index in [0.29, 0.717) is 28.2 Å². The van der Waals surface area contributed by atoms with Crippen molar-refractivity contribution >= 4 is 28.1 Å². The number of nitrogens with zero attached hydrogens (tertiary/aromatic N) is 3. The Balaban J connectivity index is 1.63. The van der Waals surface area contributed by atoms with Crippen molar-refractivity contribution in [1.82, 2.24) is 19.4 Å². The molecule has 29 heavy (non-hydrogen) atoms. The summed E-state index contributed by atoms with van der Waals surface area (Å²) in [5.74, 6) is 1.03. The second-order valence-electron chi connectivity index (χ2n) is 7.55. The number of hydrogen-bond donors (Lipinski definition) is 2. The van der Waals surface area contributed by atoms with E-state index >= 15 is 0 Å². The first-order valence-electron chi connectivity index (χ1n) is 9.95. The van der Waals surface area contributed by atoms with Gasteiger partial charge in [0.1, 0.15) is 11.3 Å². The van der Waals surface area contributed by atoms with Gasteiger partial charge in [0.05, 0.1) is 29.1 Å². The van der Waals surface area contributed by atoms with Crippen molar-refractivity contribution in [2.45, 2.75) is 38.0 Å². The minimum atomic E-state index is -0.224. The number of hydrogen-bond acceptors (Lipinski definition) is 4. The van der Waals surface area contributed by atoms with E-state index in [2.05, 4.69) is 20.3 Å². The molecule has 4 aromatic rings. The molecule has 146 valence electrons. The predicted molar refractivity (Wildman–Crippen MR) is 111 cm³/mol. The smallest absolute Gasteiger partial charge is 0.274 e. The average Bonchev–Trinajstić information content (AvgIpc) is 3.21. The van der Waals surface area contributed by atoms with Crippen molar-refractivity contribution in [1.29, 1.82) is 0 Å². The Morgan fingerprint density at radius 2 is 1.97 bits per heavy atom. The molecular formula is C22H21N5O2. The number of aromatic amines is 1. The van der Waals surface area contributed by atoms with Crippen LogP contribution in [0, 0.1) is 0 Å². The van der Waals surface area contributed by atoms with Crippen LogP contribution in [-0.4, -0.2) is 25.3 Å². The molecule has 0 bridgehead atoms. The molecule has 1 aliphatic rings. The van der Waals surface area contributed by atoms with Crippen LogP contribution in [0.1, 0.15) is 54.2 Å². The molecule has 0 spiro atoms. The van der Waals surface area contributed by atoms with Gasteiger partial charge in [0, 0.05) is 17.7 Å². The number of amides is 1.